The molecule has 0 fully saturated rings. The Morgan fingerprint density at radius 1 is 0.850 bits per heavy atom. The summed E-state index contributed by atoms with van der Waals surface area (Å²) >= 11 is 0. The standard InChI is InChI=1S/C34H41N5O/c1-6-35-31(40)24-39(4,5)23-13-7-12-22-38-33-30-17-11-9-15-28(30)27-14-8-10-16-29(27)32(33)36-34(38)25-18-20-26(21-19-25)37(2)3/h8-11,14-21H,6-7,12-13,22-24H2,1-5H3/p+1. The highest BCUT2D eigenvalue weighted by atomic mass is 16.2. The number of unbranched alkanes of at least 4 members (excludes halogenated alkanes) is 2. The number of hydrogen-bond donors (Lipinski definition) is 1. The molecule has 0 aliphatic carbocycles. The zero-order valence-corrected chi connectivity index (χ0v) is 24.6. The van der Waals surface area contributed by atoms with Crippen molar-refractivity contribution in [1.29, 1.82) is 0 Å². The van der Waals surface area contributed by atoms with Crippen LogP contribution in [0, 0.1) is 0 Å². The van der Waals surface area contributed by atoms with Gasteiger partial charge in [-0.05, 0) is 61.2 Å². The number of carbonyl (C=O) groups is 1. The van der Waals surface area contributed by atoms with Crippen LogP contribution in [0.5, 0.6) is 0 Å². The topological polar surface area (TPSA) is 50.2 Å². The second-order valence-electron chi connectivity index (χ2n) is 11.6. The minimum atomic E-state index is 0.126. The Hall–Kier alpha value is -3.90. The number of nitrogens with zero attached hydrogens (tertiary/aromatic N) is 4. The second kappa shape index (κ2) is 11.7. The minimum Gasteiger partial charge on any atom is -0.378 e. The summed E-state index contributed by atoms with van der Waals surface area (Å²) in [5.74, 6) is 1.15. The van der Waals surface area contributed by atoms with Crippen molar-refractivity contribution in [3.8, 4) is 11.4 Å². The first-order valence-corrected chi connectivity index (χ1v) is 14.4. The van der Waals surface area contributed by atoms with Crippen LogP contribution in [0.4, 0.5) is 5.69 Å². The number of fused-ring (bicyclic) bond motifs is 6. The van der Waals surface area contributed by atoms with Crippen molar-refractivity contribution in [2.45, 2.75) is 32.7 Å². The number of aromatic nitrogens is 2. The molecule has 1 heterocycles. The zero-order valence-electron chi connectivity index (χ0n) is 24.6. The van der Waals surface area contributed by atoms with Gasteiger partial charge in [0.1, 0.15) is 5.82 Å². The van der Waals surface area contributed by atoms with Crippen LogP contribution in [0.2, 0.25) is 0 Å². The Labute approximate surface area is 237 Å². The number of likely N-dealkylation sites (N-methyl/N-ethyl adjacent to an activating group) is 2. The van der Waals surface area contributed by atoms with E-state index in [-0.39, 0.29) is 5.91 Å². The van der Waals surface area contributed by atoms with Gasteiger partial charge < -0.3 is 19.3 Å². The normalized spacial score (nSPS) is 11.9. The third-order valence-corrected chi connectivity index (χ3v) is 7.85. The molecular weight excluding hydrogens is 494 g/mol. The van der Waals surface area contributed by atoms with Crippen LogP contribution in [0.15, 0.2) is 72.8 Å². The summed E-state index contributed by atoms with van der Waals surface area (Å²) < 4.78 is 3.16. The van der Waals surface area contributed by atoms with Crippen molar-refractivity contribution in [3.63, 3.8) is 0 Å². The molecule has 1 amide bonds. The van der Waals surface area contributed by atoms with Crippen LogP contribution in [0.3, 0.4) is 0 Å². The van der Waals surface area contributed by atoms with E-state index >= 15 is 0 Å². The van der Waals surface area contributed by atoms with Crippen LogP contribution < -0.4 is 10.2 Å². The molecule has 0 radical (unpaired) electrons. The predicted octanol–water partition coefficient (Wildman–Crippen LogP) is 6.46. The molecule has 0 aliphatic heterocycles. The van der Waals surface area contributed by atoms with E-state index in [0.717, 1.165) is 49.3 Å². The molecule has 5 rings (SSSR count). The number of rotatable bonds is 11. The van der Waals surface area contributed by atoms with Crippen LogP contribution in [-0.2, 0) is 11.3 Å². The van der Waals surface area contributed by atoms with Crippen LogP contribution in [-0.4, -0.2) is 67.8 Å². The number of quaternary nitrogens is 1. The summed E-state index contributed by atoms with van der Waals surface area (Å²) in [6.07, 6.45) is 3.23. The van der Waals surface area contributed by atoms with Gasteiger partial charge in [0.05, 0.1) is 31.7 Å². The predicted molar refractivity (Wildman–Crippen MR) is 169 cm³/mol. The van der Waals surface area contributed by atoms with E-state index in [1.165, 1.54) is 32.7 Å². The fraction of sp³-hybridized carbons (Fsp3) is 0.353. The first kappa shape index (κ1) is 27.7. The van der Waals surface area contributed by atoms with Gasteiger partial charge >= 0.3 is 0 Å². The Balaban J connectivity index is 1.49. The number of anilines is 1. The lowest BCUT2D eigenvalue weighted by Gasteiger charge is -2.29. The molecule has 40 heavy (non-hydrogen) atoms. The van der Waals surface area contributed by atoms with Gasteiger partial charge in [-0.3, -0.25) is 4.79 Å². The quantitative estimate of drug-likeness (QED) is 0.120. The number of nitrogens with one attached hydrogen (secondary N) is 1. The van der Waals surface area contributed by atoms with Crippen LogP contribution in [0.25, 0.3) is 44.0 Å². The molecule has 6 nitrogen and oxygen atoms in total. The lowest BCUT2D eigenvalue weighted by Crippen LogP contribution is -2.47. The third kappa shape index (κ3) is 5.68. The van der Waals surface area contributed by atoms with Gasteiger partial charge in [-0.2, -0.15) is 0 Å². The number of hydrogen-bond acceptors (Lipinski definition) is 3. The van der Waals surface area contributed by atoms with E-state index < -0.39 is 0 Å². The van der Waals surface area contributed by atoms with Gasteiger partial charge in [0.25, 0.3) is 5.91 Å². The number of aryl methyl sites for hydroxylation is 1. The number of imidazole rings is 1. The van der Waals surface area contributed by atoms with Crippen molar-refractivity contribution >= 4 is 44.2 Å². The smallest absolute Gasteiger partial charge is 0.275 e. The van der Waals surface area contributed by atoms with E-state index in [0.29, 0.717) is 17.6 Å². The van der Waals surface area contributed by atoms with Crippen LogP contribution >= 0.6 is 0 Å². The molecule has 0 aliphatic rings. The Bertz CT molecular complexity index is 1630. The highest BCUT2D eigenvalue weighted by Crippen LogP contribution is 2.37. The van der Waals surface area contributed by atoms with Crippen molar-refractivity contribution in [3.05, 3.63) is 72.8 Å². The molecule has 0 saturated heterocycles. The third-order valence-electron chi connectivity index (χ3n) is 7.85. The van der Waals surface area contributed by atoms with Crippen molar-refractivity contribution in [1.82, 2.24) is 14.9 Å². The van der Waals surface area contributed by atoms with Crippen LogP contribution in [0.1, 0.15) is 26.2 Å². The van der Waals surface area contributed by atoms with Crippen molar-refractivity contribution in [2.24, 2.45) is 0 Å². The second-order valence-corrected chi connectivity index (χ2v) is 11.6. The molecule has 1 aromatic heterocycles. The van der Waals surface area contributed by atoms with E-state index in [2.05, 4.69) is 116 Å². The summed E-state index contributed by atoms with van der Waals surface area (Å²) in [4.78, 5) is 19.6. The highest BCUT2D eigenvalue weighted by molar-refractivity contribution is 6.23. The molecule has 5 aromatic rings. The number of benzene rings is 4. The maximum absolute atomic E-state index is 12.1. The molecule has 0 spiro atoms. The van der Waals surface area contributed by atoms with Gasteiger partial charge in [-0.25, -0.2) is 4.98 Å². The maximum Gasteiger partial charge on any atom is 0.275 e. The molecule has 6 heteroatoms. The molecule has 1 N–H and O–H groups in total. The molecule has 0 saturated carbocycles. The van der Waals surface area contributed by atoms with Gasteiger partial charge in [0.2, 0.25) is 0 Å². The zero-order chi connectivity index (χ0) is 28.3. The van der Waals surface area contributed by atoms with Crippen molar-refractivity contribution in [2.75, 3.05) is 52.7 Å². The Morgan fingerprint density at radius 2 is 1.48 bits per heavy atom. The fourth-order valence-corrected chi connectivity index (χ4v) is 5.82. The molecule has 4 aromatic carbocycles. The maximum atomic E-state index is 12.1. The Morgan fingerprint density at radius 3 is 2.12 bits per heavy atom. The SMILES string of the molecule is CCNC(=O)C[N+](C)(C)CCCCCn1c(-c2ccc(N(C)C)cc2)nc2c3ccccc3c3ccccc3c21. The molecule has 0 atom stereocenters. The van der Waals surface area contributed by atoms with E-state index in [1.54, 1.807) is 0 Å². The highest BCUT2D eigenvalue weighted by Gasteiger charge is 2.21. The molecule has 0 unspecified atom stereocenters. The summed E-state index contributed by atoms with van der Waals surface area (Å²) in [5.41, 5.74) is 4.60. The first-order chi connectivity index (χ1) is 19.3. The Kier molecular flexibility index (Phi) is 8.08. The van der Waals surface area contributed by atoms with E-state index in [1.807, 2.05) is 6.92 Å². The van der Waals surface area contributed by atoms with Gasteiger partial charge in [0.15, 0.2) is 6.54 Å². The summed E-state index contributed by atoms with van der Waals surface area (Å²) in [6.45, 7) is 5.05. The van der Waals surface area contributed by atoms with Gasteiger partial charge in [-0.1, -0.05) is 48.5 Å². The van der Waals surface area contributed by atoms with E-state index in [4.69, 9.17) is 4.98 Å². The first-order valence-electron chi connectivity index (χ1n) is 14.4. The monoisotopic (exact) mass is 536 g/mol. The molecule has 0 bridgehead atoms. The lowest BCUT2D eigenvalue weighted by molar-refractivity contribution is -0.882. The average Bonchev–Trinajstić information content (AvgIpc) is 3.32. The lowest BCUT2D eigenvalue weighted by atomic mass is 10.00. The largest absolute Gasteiger partial charge is 0.378 e. The van der Waals surface area contributed by atoms with Gasteiger partial charge in [-0.15, -0.1) is 0 Å². The number of amides is 1. The number of carbonyl (C=O) groups excluding carboxylic acids is 1. The summed E-state index contributed by atoms with van der Waals surface area (Å²) in [7, 11) is 8.42. The molecular formula is C34H42N5O+. The summed E-state index contributed by atoms with van der Waals surface area (Å²) in [6, 6.07) is 26.1. The minimum absolute atomic E-state index is 0.126. The summed E-state index contributed by atoms with van der Waals surface area (Å²) in [5, 5.41) is 7.90. The van der Waals surface area contributed by atoms with E-state index in [9.17, 15) is 4.79 Å². The fourth-order valence-electron chi connectivity index (χ4n) is 5.82. The average molecular weight is 537 g/mol. The van der Waals surface area contributed by atoms with Crippen molar-refractivity contribution < 1.29 is 9.28 Å². The van der Waals surface area contributed by atoms with Gasteiger partial charge in [0, 0.05) is 49.2 Å². The molecule has 208 valence electrons.